The fourth-order valence-corrected chi connectivity index (χ4v) is 2.54. The summed E-state index contributed by atoms with van der Waals surface area (Å²) in [4.78, 5) is 11.4. The van der Waals surface area contributed by atoms with Gasteiger partial charge >= 0.3 is 0 Å². The molecule has 0 spiro atoms. The van der Waals surface area contributed by atoms with Crippen molar-refractivity contribution in [3.8, 4) is 6.07 Å². The molecule has 0 bridgehead atoms. The second-order valence-corrected chi connectivity index (χ2v) is 4.69. The number of hydrogen-bond donors (Lipinski definition) is 1. The van der Waals surface area contributed by atoms with Gasteiger partial charge in [-0.15, -0.1) is 0 Å². The van der Waals surface area contributed by atoms with Gasteiger partial charge < -0.3 is 5.73 Å². The number of nitrogens with two attached hydrogens (primary N) is 1. The zero-order valence-electron chi connectivity index (χ0n) is 10.8. The summed E-state index contributed by atoms with van der Waals surface area (Å²) < 4.78 is 0. The first kappa shape index (κ1) is 12.4. The van der Waals surface area contributed by atoms with Crippen molar-refractivity contribution in [1.82, 2.24) is 5.32 Å². The standard InChI is InChI=1S/C16H12N3O/c17-4-3-11-6-12-7-16(20)19-9-15(12)14-5-10(8-18)1-2-13(11)14/h1-2,5-7,9H,3-4,17H2. The van der Waals surface area contributed by atoms with Gasteiger partial charge in [-0.2, -0.15) is 5.26 Å². The van der Waals surface area contributed by atoms with Crippen molar-refractivity contribution in [1.29, 1.82) is 5.26 Å². The summed E-state index contributed by atoms with van der Waals surface area (Å²) in [6.45, 7) is 0.538. The predicted molar refractivity (Wildman–Crippen MR) is 76.7 cm³/mol. The first-order valence-electron chi connectivity index (χ1n) is 6.35. The molecule has 2 aromatic rings. The summed E-state index contributed by atoms with van der Waals surface area (Å²) in [5.74, 6) is -0.257. The molecule has 1 amide bonds. The van der Waals surface area contributed by atoms with Crippen LogP contribution in [0.2, 0.25) is 0 Å². The second kappa shape index (κ2) is 4.80. The molecule has 0 fully saturated rings. The minimum atomic E-state index is -0.257. The fraction of sp³-hybridized carbons (Fsp3) is 0.125. The van der Waals surface area contributed by atoms with E-state index in [1.54, 1.807) is 12.3 Å². The largest absolute Gasteiger partial charge is 0.330 e. The Morgan fingerprint density at radius 3 is 2.85 bits per heavy atom. The summed E-state index contributed by atoms with van der Waals surface area (Å²) in [7, 11) is 0. The summed E-state index contributed by atoms with van der Waals surface area (Å²) in [5, 5.41) is 16.6. The molecular formula is C16H12N3O. The van der Waals surface area contributed by atoms with Crippen LogP contribution in [0, 0.1) is 11.3 Å². The van der Waals surface area contributed by atoms with E-state index < -0.39 is 0 Å². The van der Waals surface area contributed by atoms with Gasteiger partial charge in [0.1, 0.15) is 0 Å². The van der Waals surface area contributed by atoms with E-state index in [1.807, 2.05) is 18.2 Å². The highest BCUT2D eigenvalue weighted by molar-refractivity contribution is 6.07. The Labute approximate surface area is 115 Å². The lowest BCUT2D eigenvalue weighted by Gasteiger charge is -2.10. The minimum Gasteiger partial charge on any atom is -0.330 e. The number of carbonyl (C=O) groups is 1. The molecule has 1 radical (unpaired) electrons. The summed E-state index contributed by atoms with van der Waals surface area (Å²) in [6.07, 6.45) is 3.83. The molecule has 1 heterocycles. The number of carbonyl (C=O) groups excluding carboxylic acids is 1. The maximum atomic E-state index is 11.4. The maximum absolute atomic E-state index is 11.4. The van der Waals surface area contributed by atoms with E-state index in [0.29, 0.717) is 12.1 Å². The van der Waals surface area contributed by atoms with E-state index >= 15 is 0 Å². The van der Waals surface area contributed by atoms with Crippen LogP contribution in [-0.4, -0.2) is 12.5 Å². The first-order chi connectivity index (χ1) is 9.72. The van der Waals surface area contributed by atoms with Crippen LogP contribution in [0.25, 0.3) is 23.0 Å². The van der Waals surface area contributed by atoms with Gasteiger partial charge in [-0.05, 0) is 46.7 Å². The van der Waals surface area contributed by atoms with Crippen LogP contribution in [0.1, 0.15) is 11.1 Å². The molecule has 0 aromatic heterocycles. The molecular weight excluding hydrogens is 250 g/mol. The van der Waals surface area contributed by atoms with Crippen molar-refractivity contribution in [2.24, 2.45) is 5.73 Å². The average molecular weight is 262 g/mol. The van der Waals surface area contributed by atoms with E-state index in [1.165, 1.54) is 6.08 Å². The smallest absolute Gasteiger partial charge is 0.270 e. The fourth-order valence-electron chi connectivity index (χ4n) is 2.54. The van der Waals surface area contributed by atoms with Gasteiger partial charge in [0, 0.05) is 17.5 Å². The summed E-state index contributed by atoms with van der Waals surface area (Å²) >= 11 is 0. The third-order valence-electron chi connectivity index (χ3n) is 3.44. The molecule has 2 N–H and O–H groups in total. The normalized spacial score (nSPS) is 12.9. The molecule has 2 aromatic carbocycles. The Bertz CT molecular complexity index is 875. The SMILES string of the molecule is N#Cc1ccc2c(CCN)cc3c(c2c1)=C[N]C(=O)C=3. The van der Waals surface area contributed by atoms with Crippen LogP contribution in [0.3, 0.4) is 0 Å². The number of rotatable bonds is 2. The van der Waals surface area contributed by atoms with E-state index in [0.717, 1.165) is 33.2 Å². The van der Waals surface area contributed by atoms with E-state index in [4.69, 9.17) is 11.0 Å². The zero-order chi connectivity index (χ0) is 14.1. The number of hydrogen-bond acceptors (Lipinski definition) is 3. The Hall–Kier alpha value is -2.64. The second-order valence-electron chi connectivity index (χ2n) is 4.69. The molecule has 0 aliphatic carbocycles. The number of benzene rings is 2. The van der Waals surface area contributed by atoms with Crippen LogP contribution in [0.5, 0.6) is 0 Å². The monoisotopic (exact) mass is 262 g/mol. The van der Waals surface area contributed by atoms with Gasteiger partial charge in [-0.25, -0.2) is 5.32 Å². The van der Waals surface area contributed by atoms with Gasteiger partial charge in [0.15, 0.2) is 0 Å². The van der Waals surface area contributed by atoms with E-state index in [2.05, 4.69) is 11.4 Å². The molecule has 0 saturated heterocycles. The molecule has 3 rings (SSSR count). The van der Waals surface area contributed by atoms with Crippen LogP contribution in [0.4, 0.5) is 0 Å². The molecule has 0 atom stereocenters. The molecule has 1 aliphatic rings. The zero-order valence-corrected chi connectivity index (χ0v) is 10.8. The van der Waals surface area contributed by atoms with Crippen LogP contribution in [0.15, 0.2) is 24.3 Å². The van der Waals surface area contributed by atoms with Crippen LogP contribution in [-0.2, 0) is 11.2 Å². The highest BCUT2D eigenvalue weighted by Gasteiger charge is 2.09. The summed E-state index contributed by atoms with van der Waals surface area (Å²) in [6, 6.07) is 9.69. The Morgan fingerprint density at radius 1 is 1.25 bits per heavy atom. The van der Waals surface area contributed by atoms with Crippen LogP contribution < -0.4 is 21.5 Å². The molecule has 1 aliphatic heterocycles. The first-order valence-corrected chi connectivity index (χ1v) is 6.35. The molecule has 4 nitrogen and oxygen atoms in total. The maximum Gasteiger partial charge on any atom is 0.270 e. The van der Waals surface area contributed by atoms with Gasteiger partial charge in [0.25, 0.3) is 5.91 Å². The van der Waals surface area contributed by atoms with Crippen molar-refractivity contribution in [2.75, 3.05) is 6.54 Å². The third kappa shape index (κ3) is 1.94. The lowest BCUT2D eigenvalue weighted by molar-refractivity contribution is -0.114. The van der Waals surface area contributed by atoms with Gasteiger partial charge in [-0.3, -0.25) is 4.79 Å². The number of nitriles is 1. The van der Waals surface area contributed by atoms with E-state index in [-0.39, 0.29) is 5.91 Å². The molecule has 97 valence electrons. The van der Waals surface area contributed by atoms with Gasteiger partial charge in [0.05, 0.1) is 11.6 Å². The lowest BCUT2D eigenvalue weighted by atomic mass is 9.96. The Morgan fingerprint density at radius 2 is 2.10 bits per heavy atom. The minimum absolute atomic E-state index is 0.257. The van der Waals surface area contributed by atoms with Crippen molar-refractivity contribution in [3.63, 3.8) is 0 Å². The van der Waals surface area contributed by atoms with Crippen molar-refractivity contribution < 1.29 is 4.79 Å². The lowest BCUT2D eigenvalue weighted by Crippen LogP contribution is -2.34. The van der Waals surface area contributed by atoms with Crippen molar-refractivity contribution >= 4 is 29.0 Å². The van der Waals surface area contributed by atoms with Gasteiger partial charge in [0.2, 0.25) is 0 Å². The molecule has 0 unspecified atom stereocenters. The topological polar surface area (TPSA) is 81.0 Å². The average Bonchev–Trinajstić information content (AvgIpc) is 2.46. The Balaban J connectivity index is 2.47. The number of fused-ring (bicyclic) bond motifs is 3. The summed E-state index contributed by atoms with van der Waals surface area (Å²) in [5.41, 5.74) is 7.34. The molecule has 0 saturated carbocycles. The van der Waals surface area contributed by atoms with Crippen molar-refractivity contribution in [3.05, 3.63) is 45.8 Å². The highest BCUT2D eigenvalue weighted by atomic mass is 16.1. The van der Waals surface area contributed by atoms with Crippen LogP contribution >= 0.6 is 0 Å². The molecule has 20 heavy (non-hydrogen) atoms. The predicted octanol–water partition coefficient (Wildman–Crippen LogP) is -0.124. The molecule has 4 heteroatoms. The van der Waals surface area contributed by atoms with E-state index in [9.17, 15) is 4.79 Å². The highest BCUT2D eigenvalue weighted by Crippen LogP contribution is 2.16. The van der Waals surface area contributed by atoms with Crippen molar-refractivity contribution in [2.45, 2.75) is 6.42 Å². The quantitative estimate of drug-likeness (QED) is 0.819. The number of amides is 1. The number of nitrogens with zero attached hydrogens (tertiary/aromatic N) is 2. The Kier molecular flexibility index (Phi) is 2.97. The van der Waals surface area contributed by atoms with Gasteiger partial charge in [-0.1, -0.05) is 12.1 Å². The third-order valence-corrected chi connectivity index (χ3v) is 3.44.